The lowest BCUT2D eigenvalue weighted by atomic mass is 9.44. The molecular weight excluding hydrogens is 316 g/mol. The Morgan fingerprint density at radius 2 is 1.69 bits per heavy atom. The van der Waals surface area contributed by atoms with E-state index in [4.69, 9.17) is 0 Å². The van der Waals surface area contributed by atoms with Gasteiger partial charge in [-0.3, -0.25) is 0 Å². The van der Waals surface area contributed by atoms with E-state index in [1.54, 1.807) is 6.92 Å². The Kier molecular flexibility index (Phi) is 5.06. The minimum absolute atomic E-state index is 0.379. The van der Waals surface area contributed by atoms with Crippen molar-refractivity contribution in [2.75, 3.05) is 0 Å². The van der Waals surface area contributed by atoms with Gasteiger partial charge in [0.1, 0.15) is 5.78 Å². The van der Waals surface area contributed by atoms with E-state index in [0.29, 0.717) is 16.6 Å². The van der Waals surface area contributed by atoms with Crippen molar-refractivity contribution in [1.29, 1.82) is 0 Å². The molecule has 8 unspecified atom stereocenters. The fourth-order valence-electron chi connectivity index (χ4n) is 8.90. The van der Waals surface area contributed by atoms with E-state index in [1.807, 2.05) is 0 Å². The number of rotatable bonds is 4. The molecule has 4 saturated carbocycles. The lowest BCUT2D eigenvalue weighted by molar-refractivity contribution is -0.119. The van der Waals surface area contributed by atoms with Crippen molar-refractivity contribution in [3.05, 3.63) is 0 Å². The van der Waals surface area contributed by atoms with Crippen molar-refractivity contribution in [3.63, 3.8) is 0 Å². The van der Waals surface area contributed by atoms with E-state index >= 15 is 0 Å². The third-order valence-corrected chi connectivity index (χ3v) is 10.3. The standard InChI is InChI=1S/C25H42O/c1-17(8-9-18(2)26)21-12-13-22-20-11-10-19-7-5-6-15-24(19,3)23(20)14-16-25(21,22)4/h17,19-23H,5-16H2,1-4H3. The molecule has 0 aromatic rings. The Balaban J connectivity index is 1.52. The quantitative estimate of drug-likeness (QED) is 0.526. The molecule has 4 fully saturated rings. The minimum Gasteiger partial charge on any atom is -0.300 e. The highest BCUT2D eigenvalue weighted by molar-refractivity contribution is 5.75. The second-order valence-electron chi connectivity index (χ2n) is 11.3. The Morgan fingerprint density at radius 1 is 0.923 bits per heavy atom. The van der Waals surface area contributed by atoms with Gasteiger partial charge >= 0.3 is 0 Å². The highest BCUT2D eigenvalue weighted by Gasteiger charge is 2.59. The molecule has 4 aliphatic rings. The molecule has 0 amide bonds. The van der Waals surface area contributed by atoms with Crippen LogP contribution >= 0.6 is 0 Å². The van der Waals surface area contributed by atoms with Crippen molar-refractivity contribution in [3.8, 4) is 0 Å². The first-order valence-electron chi connectivity index (χ1n) is 11.9. The summed E-state index contributed by atoms with van der Waals surface area (Å²) in [6.45, 7) is 9.57. The first kappa shape index (κ1) is 19.0. The van der Waals surface area contributed by atoms with Gasteiger partial charge in [0.25, 0.3) is 0 Å². The highest BCUT2D eigenvalue weighted by Crippen LogP contribution is 2.68. The molecule has 0 N–H and O–H groups in total. The van der Waals surface area contributed by atoms with E-state index < -0.39 is 0 Å². The molecule has 0 radical (unpaired) electrons. The normalized spacial score (nSPS) is 49.0. The molecule has 148 valence electrons. The van der Waals surface area contributed by atoms with Gasteiger partial charge in [-0.15, -0.1) is 0 Å². The van der Waals surface area contributed by atoms with Crippen LogP contribution in [0.5, 0.6) is 0 Å². The topological polar surface area (TPSA) is 17.1 Å². The van der Waals surface area contributed by atoms with Crippen molar-refractivity contribution in [2.45, 2.75) is 105 Å². The maximum absolute atomic E-state index is 11.5. The van der Waals surface area contributed by atoms with Crippen molar-refractivity contribution >= 4 is 5.78 Å². The molecule has 1 heteroatoms. The van der Waals surface area contributed by atoms with Crippen LogP contribution in [0.2, 0.25) is 0 Å². The Bertz CT molecular complexity index is 538. The molecule has 0 bridgehead atoms. The van der Waals surface area contributed by atoms with Crippen LogP contribution < -0.4 is 0 Å². The van der Waals surface area contributed by atoms with E-state index in [-0.39, 0.29) is 0 Å². The summed E-state index contributed by atoms with van der Waals surface area (Å²) < 4.78 is 0. The van der Waals surface area contributed by atoms with Crippen LogP contribution in [0.15, 0.2) is 0 Å². The number of carbonyl (C=O) groups is 1. The van der Waals surface area contributed by atoms with E-state index in [1.165, 1.54) is 64.2 Å². The van der Waals surface area contributed by atoms with Gasteiger partial charge in [-0.2, -0.15) is 0 Å². The third-order valence-electron chi connectivity index (χ3n) is 10.3. The Morgan fingerprint density at radius 3 is 2.46 bits per heavy atom. The summed E-state index contributed by atoms with van der Waals surface area (Å²) in [4.78, 5) is 11.5. The molecule has 26 heavy (non-hydrogen) atoms. The van der Waals surface area contributed by atoms with Crippen molar-refractivity contribution in [1.82, 2.24) is 0 Å². The van der Waals surface area contributed by atoms with Crippen LogP contribution in [0.3, 0.4) is 0 Å². The number of hydrogen-bond donors (Lipinski definition) is 0. The number of carbonyl (C=O) groups excluding carboxylic acids is 1. The smallest absolute Gasteiger partial charge is 0.129 e. The van der Waals surface area contributed by atoms with Gasteiger partial charge in [-0.05, 0) is 111 Å². The van der Waals surface area contributed by atoms with Crippen molar-refractivity contribution in [2.24, 2.45) is 46.3 Å². The van der Waals surface area contributed by atoms with E-state index in [0.717, 1.165) is 48.3 Å². The summed E-state index contributed by atoms with van der Waals surface area (Å²) in [6.07, 6.45) is 16.9. The van der Waals surface area contributed by atoms with Gasteiger partial charge in [0.05, 0.1) is 0 Å². The fourth-order valence-corrected chi connectivity index (χ4v) is 8.90. The van der Waals surface area contributed by atoms with Crippen molar-refractivity contribution < 1.29 is 4.79 Å². The van der Waals surface area contributed by atoms with Gasteiger partial charge in [-0.1, -0.05) is 33.6 Å². The number of Topliss-reactive ketones (excluding diaryl/α,β-unsaturated/α-hetero) is 1. The Hall–Kier alpha value is -0.330. The molecule has 1 nitrogen and oxygen atoms in total. The average molecular weight is 359 g/mol. The first-order valence-corrected chi connectivity index (χ1v) is 11.9. The summed E-state index contributed by atoms with van der Waals surface area (Å²) in [5, 5.41) is 0. The van der Waals surface area contributed by atoms with Crippen LogP contribution in [-0.4, -0.2) is 5.78 Å². The third kappa shape index (κ3) is 2.91. The molecule has 0 heterocycles. The van der Waals surface area contributed by atoms with Gasteiger partial charge in [0.15, 0.2) is 0 Å². The Labute approximate surface area is 162 Å². The second kappa shape index (κ2) is 6.93. The zero-order chi connectivity index (χ0) is 18.5. The average Bonchev–Trinajstić information content (AvgIpc) is 2.96. The highest BCUT2D eigenvalue weighted by atomic mass is 16.1. The summed E-state index contributed by atoms with van der Waals surface area (Å²) >= 11 is 0. The minimum atomic E-state index is 0.379. The van der Waals surface area contributed by atoms with Gasteiger partial charge in [-0.25, -0.2) is 0 Å². The zero-order valence-electron chi connectivity index (χ0n) is 17.9. The van der Waals surface area contributed by atoms with Gasteiger partial charge in [0.2, 0.25) is 0 Å². The summed E-state index contributed by atoms with van der Waals surface area (Å²) in [6, 6.07) is 0. The maximum atomic E-state index is 11.5. The summed E-state index contributed by atoms with van der Waals surface area (Å²) in [5.74, 6) is 6.02. The molecule has 0 saturated heterocycles. The summed E-state index contributed by atoms with van der Waals surface area (Å²) in [7, 11) is 0. The fraction of sp³-hybridized carbons (Fsp3) is 0.960. The SMILES string of the molecule is CC(=O)CCC(C)C1CCC2C3CCC4CCCCC4(C)C3CCC12C. The van der Waals surface area contributed by atoms with Crippen LogP contribution in [0, 0.1) is 46.3 Å². The van der Waals surface area contributed by atoms with Gasteiger partial charge < -0.3 is 4.79 Å². The lowest BCUT2D eigenvalue weighted by Gasteiger charge is -2.61. The van der Waals surface area contributed by atoms with Gasteiger partial charge in [0, 0.05) is 6.42 Å². The molecule has 4 aliphatic carbocycles. The lowest BCUT2D eigenvalue weighted by Crippen LogP contribution is -2.53. The summed E-state index contributed by atoms with van der Waals surface area (Å²) in [5.41, 5.74) is 1.23. The maximum Gasteiger partial charge on any atom is 0.129 e. The van der Waals surface area contributed by atoms with E-state index in [9.17, 15) is 4.79 Å². The zero-order valence-corrected chi connectivity index (χ0v) is 17.9. The predicted molar refractivity (Wildman–Crippen MR) is 109 cm³/mol. The molecule has 0 aromatic carbocycles. The number of fused-ring (bicyclic) bond motifs is 5. The second-order valence-corrected chi connectivity index (χ2v) is 11.3. The molecular formula is C25H42O. The number of ketones is 1. The molecule has 0 aliphatic heterocycles. The van der Waals surface area contributed by atoms with Crippen LogP contribution in [0.25, 0.3) is 0 Å². The van der Waals surface area contributed by atoms with Crippen LogP contribution in [0.4, 0.5) is 0 Å². The number of hydrogen-bond acceptors (Lipinski definition) is 1. The molecule has 0 spiro atoms. The monoisotopic (exact) mass is 358 g/mol. The van der Waals surface area contributed by atoms with E-state index in [2.05, 4.69) is 20.8 Å². The van der Waals surface area contributed by atoms with Crippen LogP contribution in [0.1, 0.15) is 105 Å². The first-order chi connectivity index (χ1) is 12.4. The largest absolute Gasteiger partial charge is 0.300 e. The van der Waals surface area contributed by atoms with Crippen LogP contribution in [-0.2, 0) is 4.79 Å². The predicted octanol–water partition coefficient (Wildman–Crippen LogP) is 7.04. The molecule has 4 rings (SSSR count). The molecule has 8 atom stereocenters. The molecule has 0 aromatic heterocycles.